The third-order valence-electron chi connectivity index (χ3n) is 3.90. The van der Waals surface area contributed by atoms with Gasteiger partial charge in [0.05, 0.1) is 0 Å². The van der Waals surface area contributed by atoms with Crippen LogP contribution in [0, 0.1) is 12.7 Å². The van der Waals surface area contributed by atoms with Gasteiger partial charge in [-0.15, -0.1) is 0 Å². The van der Waals surface area contributed by atoms with Gasteiger partial charge in [-0.1, -0.05) is 31.5 Å². The Hall–Kier alpha value is -1.78. The quantitative estimate of drug-likeness (QED) is 0.727. The van der Waals surface area contributed by atoms with E-state index in [-0.39, 0.29) is 24.3 Å². The molecule has 0 aliphatic rings. The lowest BCUT2D eigenvalue weighted by Gasteiger charge is -2.18. The number of rotatable bonds is 6. The molecule has 0 aliphatic carbocycles. The number of hydrogen-bond donors (Lipinski definition) is 1. The van der Waals surface area contributed by atoms with Crippen molar-refractivity contribution in [2.24, 2.45) is 0 Å². The molecule has 5 heteroatoms. The fourth-order valence-electron chi connectivity index (χ4n) is 2.71. The van der Waals surface area contributed by atoms with Crippen LogP contribution in [-0.2, 0) is 11.2 Å². The molecule has 0 aliphatic heterocycles. The van der Waals surface area contributed by atoms with Gasteiger partial charge >= 0.3 is 0 Å². The van der Waals surface area contributed by atoms with Gasteiger partial charge in [-0.05, 0) is 47.7 Å². The van der Waals surface area contributed by atoms with E-state index in [2.05, 4.69) is 0 Å². The lowest BCUT2D eigenvalue weighted by Crippen LogP contribution is -2.07. The topological polar surface area (TPSA) is 38.7 Å². The maximum Gasteiger partial charge on any atom is 0.188 e. The van der Waals surface area contributed by atoms with Gasteiger partial charge in [0.1, 0.15) is 17.3 Å². The third kappa shape index (κ3) is 4.00. The van der Waals surface area contributed by atoms with Gasteiger partial charge in [0.15, 0.2) is 6.79 Å². The number of aromatic hydroxyl groups is 1. The number of benzene rings is 2. The number of aryl methyl sites for hydroxylation is 1. The third-order valence-corrected chi connectivity index (χ3v) is 4.24. The predicted octanol–water partition coefficient (Wildman–Crippen LogP) is 5.19. The normalized spacial score (nSPS) is 11.1. The van der Waals surface area contributed by atoms with E-state index in [0.717, 1.165) is 11.1 Å². The van der Waals surface area contributed by atoms with E-state index in [1.165, 1.54) is 13.2 Å². The van der Waals surface area contributed by atoms with Gasteiger partial charge in [0.2, 0.25) is 0 Å². The number of hydrogen-bond acceptors (Lipinski definition) is 3. The average molecular weight is 353 g/mol. The van der Waals surface area contributed by atoms with Crippen LogP contribution < -0.4 is 4.74 Å². The Bertz CT molecular complexity index is 706. The molecule has 130 valence electrons. The monoisotopic (exact) mass is 352 g/mol. The summed E-state index contributed by atoms with van der Waals surface area (Å²) in [6, 6.07) is 6.56. The van der Waals surface area contributed by atoms with E-state index >= 15 is 4.39 Å². The molecular weight excluding hydrogens is 331 g/mol. The number of phenolic OH excluding ortho intramolecular Hbond substituents is 1. The number of ether oxygens (including phenoxy) is 2. The summed E-state index contributed by atoms with van der Waals surface area (Å²) in [4.78, 5) is 0. The molecule has 0 saturated carbocycles. The van der Waals surface area contributed by atoms with Crippen LogP contribution in [0.5, 0.6) is 11.5 Å². The Kier molecular flexibility index (Phi) is 6.08. The van der Waals surface area contributed by atoms with E-state index in [9.17, 15) is 5.11 Å². The summed E-state index contributed by atoms with van der Waals surface area (Å²) in [5, 5.41) is 10.0. The molecule has 0 aromatic heterocycles. The summed E-state index contributed by atoms with van der Waals surface area (Å²) in [5.74, 6) is 0.268. The van der Waals surface area contributed by atoms with E-state index in [0.29, 0.717) is 28.3 Å². The molecule has 24 heavy (non-hydrogen) atoms. The first-order chi connectivity index (χ1) is 11.3. The Labute approximate surface area is 147 Å². The molecule has 2 aromatic rings. The highest BCUT2D eigenvalue weighted by atomic mass is 35.5. The van der Waals surface area contributed by atoms with Crippen molar-refractivity contribution in [3.8, 4) is 11.5 Å². The fourth-order valence-corrected chi connectivity index (χ4v) is 3.04. The standard InChI is InChI=1S/C19H22ClFO3/c1-11(2)18-17(24-10-23-4)6-5-13(19(18)21)8-15-12(3)7-14(22)9-16(15)20/h5-7,9,11,22H,8,10H2,1-4H3. The Morgan fingerprint density at radius 1 is 1.25 bits per heavy atom. The van der Waals surface area contributed by atoms with Gasteiger partial charge < -0.3 is 14.6 Å². The molecule has 2 rings (SSSR count). The SMILES string of the molecule is COCOc1ccc(Cc2c(C)cc(O)cc2Cl)c(F)c1C(C)C. The molecule has 0 amide bonds. The lowest BCUT2D eigenvalue weighted by atomic mass is 9.94. The zero-order valence-corrected chi connectivity index (χ0v) is 15.1. The number of halogens is 2. The lowest BCUT2D eigenvalue weighted by molar-refractivity contribution is 0.0499. The van der Waals surface area contributed by atoms with Gasteiger partial charge in [-0.3, -0.25) is 0 Å². The van der Waals surface area contributed by atoms with Gasteiger partial charge in [-0.25, -0.2) is 4.39 Å². The summed E-state index contributed by atoms with van der Waals surface area (Å²) in [5.41, 5.74) is 2.69. The zero-order valence-electron chi connectivity index (χ0n) is 14.3. The van der Waals surface area contributed by atoms with Crippen molar-refractivity contribution in [2.75, 3.05) is 13.9 Å². The van der Waals surface area contributed by atoms with Crippen molar-refractivity contribution in [2.45, 2.75) is 33.1 Å². The fraction of sp³-hybridized carbons (Fsp3) is 0.368. The molecule has 2 aromatic carbocycles. The smallest absolute Gasteiger partial charge is 0.188 e. The van der Waals surface area contributed by atoms with Crippen LogP contribution in [0.1, 0.15) is 42.0 Å². The largest absolute Gasteiger partial charge is 0.508 e. The van der Waals surface area contributed by atoms with E-state index < -0.39 is 0 Å². The average Bonchev–Trinajstić information content (AvgIpc) is 2.49. The molecule has 0 radical (unpaired) electrons. The highest BCUT2D eigenvalue weighted by Crippen LogP contribution is 2.34. The summed E-state index contributed by atoms with van der Waals surface area (Å²) < 4.78 is 25.4. The molecule has 0 heterocycles. The van der Waals surface area contributed by atoms with E-state index in [4.69, 9.17) is 21.1 Å². The molecule has 0 unspecified atom stereocenters. The Morgan fingerprint density at radius 3 is 2.54 bits per heavy atom. The van der Waals surface area contributed by atoms with E-state index in [1.54, 1.807) is 18.2 Å². The maximum atomic E-state index is 15.0. The molecule has 0 fully saturated rings. The molecule has 3 nitrogen and oxygen atoms in total. The first kappa shape index (κ1) is 18.6. The van der Waals surface area contributed by atoms with Gasteiger partial charge in [0.25, 0.3) is 0 Å². The summed E-state index contributed by atoms with van der Waals surface area (Å²) in [6.07, 6.45) is 0.348. The number of phenols is 1. The number of methoxy groups -OCH3 is 1. The maximum absolute atomic E-state index is 15.0. The van der Waals surface area contributed by atoms with Crippen molar-refractivity contribution in [3.05, 3.63) is 57.4 Å². The minimum Gasteiger partial charge on any atom is -0.508 e. The second kappa shape index (κ2) is 7.86. The van der Waals surface area contributed by atoms with Crippen LogP contribution in [0.25, 0.3) is 0 Å². The highest BCUT2D eigenvalue weighted by molar-refractivity contribution is 6.31. The molecular formula is C19H22ClFO3. The second-order valence-corrected chi connectivity index (χ2v) is 6.46. The van der Waals surface area contributed by atoms with Crippen LogP contribution in [0.4, 0.5) is 4.39 Å². The van der Waals surface area contributed by atoms with Crippen molar-refractivity contribution in [3.63, 3.8) is 0 Å². The second-order valence-electron chi connectivity index (χ2n) is 6.06. The van der Waals surface area contributed by atoms with Crippen molar-refractivity contribution in [1.29, 1.82) is 0 Å². The summed E-state index contributed by atoms with van der Waals surface area (Å²) in [6.45, 7) is 5.75. The van der Waals surface area contributed by atoms with E-state index in [1.807, 2.05) is 20.8 Å². The van der Waals surface area contributed by atoms with Crippen LogP contribution in [-0.4, -0.2) is 19.0 Å². The zero-order chi connectivity index (χ0) is 17.9. The predicted molar refractivity (Wildman–Crippen MR) is 93.7 cm³/mol. The van der Waals surface area contributed by atoms with Crippen molar-refractivity contribution < 1.29 is 19.0 Å². The van der Waals surface area contributed by atoms with Crippen LogP contribution in [0.2, 0.25) is 5.02 Å². The van der Waals surface area contributed by atoms with Crippen molar-refractivity contribution >= 4 is 11.6 Å². The molecule has 0 atom stereocenters. The molecule has 0 spiro atoms. The Balaban J connectivity index is 2.44. The van der Waals surface area contributed by atoms with Gasteiger partial charge in [0, 0.05) is 24.1 Å². The van der Waals surface area contributed by atoms with Crippen LogP contribution >= 0.6 is 11.6 Å². The molecule has 1 N–H and O–H groups in total. The molecule has 0 bridgehead atoms. The summed E-state index contributed by atoms with van der Waals surface area (Å²) >= 11 is 6.22. The first-order valence-corrected chi connectivity index (χ1v) is 8.14. The van der Waals surface area contributed by atoms with Crippen LogP contribution in [0.3, 0.4) is 0 Å². The first-order valence-electron chi connectivity index (χ1n) is 7.76. The minimum atomic E-state index is -0.290. The molecule has 0 saturated heterocycles. The Morgan fingerprint density at radius 2 is 1.96 bits per heavy atom. The minimum absolute atomic E-state index is 0.0341. The van der Waals surface area contributed by atoms with Crippen LogP contribution in [0.15, 0.2) is 24.3 Å². The highest BCUT2D eigenvalue weighted by Gasteiger charge is 2.19. The van der Waals surface area contributed by atoms with Crippen molar-refractivity contribution in [1.82, 2.24) is 0 Å². The van der Waals surface area contributed by atoms with Gasteiger partial charge in [-0.2, -0.15) is 0 Å². The summed E-state index contributed by atoms with van der Waals surface area (Å²) in [7, 11) is 1.52.